The summed E-state index contributed by atoms with van der Waals surface area (Å²) in [6.45, 7) is 2.19. The molecule has 0 aromatic heterocycles. The highest BCUT2D eigenvalue weighted by atomic mass is 32.2. The maximum Gasteiger partial charge on any atom is 0.335 e. The smallest absolute Gasteiger partial charge is 0.335 e. The lowest BCUT2D eigenvalue weighted by Crippen LogP contribution is -2.50. The molecule has 2 rings (SSSR count). The van der Waals surface area contributed by atoms with Crippen molar-refractivity contribution >= 4 is 21.9 Å². The van der Waals surface area contributed by atoms with Crippen molar-refractivity contribution < 1.29 is 28.2 Å². The van der Waals surface area contributed by atoms with Crippen molar-refractivity contribution in [3.63, 3.8) is 0 Å². The van der Waals surface area contributed by atoms with Gasteiger partial charge in [-0.1, -0.05) is 6.92 Å². The van der Waals surface area contributed by atoms with Crippen LogP contribution in [0.2, 0.25) is 0 Å². The van der Waals surface area contributed by atoms with Crippen molar-refractivity contribution in [1.29, 1.82) is 0 Å². The number of hydrogen-bond donors (Lipinski definition) is 3. The molecule has 8 nitrogen and oxygen atoms in total. The summed E-state index contributed by atoms with van der Waals surface area (Å²) in [5, 5.41) is 18.9. The van der Waals surface area contributed by atoms with Gasteiger partial charge in [0.05, 0.1) is 4.90 Å². The Bertz CT molecular complexity index is 721. The predicted molar refractivity (Wildman–Crippen MR) is 85.0 cm³/mol. The number of hydrogen-bond acceptors (Lipinski definition) is 5. The molecule has 0 saturated carbocycles. The summed E-state index contributed by atoms with van der Waals surface area (Å²) in [4.78, 5) is 24.9. The van der Waals surface area contributed by atoms with Gasteiger partial charge in [0.1, 0.15) is 0 Å². The Kier molecular flexibility index (Phi) is 5.26. The molecule has 24 heavy (non-hydrogen) atoms. The van der Waals surface area contributed by atoms with E-state index in [2.05, 4.69) is 4.72 Å². The molecular formula is C15H20N2O6S. The zero-order valence-electron chi connectivity index (χ0n) is 13.2. The fraction of sp³-hybridized carbons (Fsp3) is 0.467. The SMILES string of the molecule is CCNS(=O)(=O)c1ccc(C(=O)N2CCC(O)(C(=O)O)CC2)cc1. The topological polar surface area (TPSA) is 124 Å². The number of piperidine rings is 1. The van der Waals surface area contributed by atoms with Crippen LogP contribution >= 0.6 is 0 Å². The molecule has 1 aliphatic rings. The van der Waals surface area contributed by atoms with Crippen LogP contribution in [-0.4, -0.2) is 60.6 Å². The van der Waals surface area contributed by atoms with Crippen LogP contribution in [-0.2, 0) is 14.8 Å². The van der Waals surface area contributed by atoms with Crippen molar-refractivity contribution in [3.05, 3.63) is 29.8 Å². The van der Waals surface area contributed by atoms with Crippen LogP contribution in [0.4, 0.5) is 0 Å². The number of aliphatic carboxylic acids is 1. The van der Waals surface area contributed by atoms with Crippen molar-refractivity contribution in [2.45, 2.75) is 30.3 Å². The molecule has 1 aromatic carbocycles. The number of nitrogens with zero attached hydrogens (tertiary/aromatic N) is 1. The summed E-state index contributed by atoms with van der Waals surface area (Å²) < 4.78 is 26.1. The number of likely N-dealkylation sites (tertiary alicyclic amines) is 1. The number of benzene rings is 1. The summed E-state index contributed by atoms with van der Waals surface area (Å²) in [6.07, 6.45) is -0.0814. The van der Waals surface area contributed by atoms with E-state index in [1.165, 1.54) is 29.2 Å². The zero-order chi connectivity index (χ0) is 18.0. The molecule has 1 amide bonds. The number of sulfonamides is 1. The average molecular weight is 356 g/mol. The van der Waals surface area contributed by atoms with Crippen LogP contribution < -0.4 is 4.72 Å². The highest BCUT2D eigenvalue weighted by molar-refractivity contribution is 7.89. The molecule has 0 radical (unpaired) electrons. The summed E-state index contributed by atoms with van der Waals surface area (Å²) in [5.74, 6) is -1.61. The predicted octanol–water partition coefficient (Wildman–Crippen LogP) is 0.0365. The number of rotatable bonds is 5. The first-order chi connectivity index (χ1) is 11.2. The summed E-state index contributed by atoms with van der Waals surface area (Å²) in [6, 6.07) is 5.54. The fourth-order valence-corrected chi connectivity index (χ4v) is 3.57. The van der Waals surface area contributed by atoms with Crippen LogP contribution in [0.5, 0.6) is 0 Å². The summed E-state index contributed by atoms with van der Waals surface area (Å²) in [5.41, 5.74) is -1.48. The lowest BCUT2D eigenvalue weighted by molar-refractivity contribution is -0.162. The molecule has 0 unspecified atom stereocenters. The van der Waals surface area contributed by atoms with E-state index in [4.69, 9.17) is 5.11 Å². The van der Waals surface area contributed by atoms with E-state index in [0.717, 1.165) is 0 Å². The molecular weight excluding hydrogens is 336 g/mol. The maximum atomic E-state index is 12.4. The van der Waals surface area contributed by atoms with Crippen LogP contribution in [0.1, 0.15) is 30.1 Å². The van der Waals surface area contributed by atoms with Crippen LogP contribution in [0.25, 0.3) is 0 Å². The van der Waals surface area contributed by atoms with Gasteiger partial charge in [0.2, 0.25) is 10.0 Å². The Labute approximate surface area is 140 Å². The number of carboxylic acids is 1. The first-order valence-corrected chi connectivity index (χ1v) is 9.03. The van der Waals surface area contributed by atoms with E-state index in [0.29, 0.717) is 5.56 Å². The number of carbonyl (C=O) groups excluding carboxylic acids is 1. The van der Waals surface area contributed by atoms with Gasteiger partial charge in [0, 0.05) is 38.0 Å². The standard InChI is InChI=1S/C15H20N2O6S/c1-2-16-24(22,23)12-5-3-11(4-6-12)13(18)17-9-7-15(21,8-10-17)14(19)20/h3-6,16,21H,2,7-10H2,1H3,(H,19,20). The number of nitrogens with one attached hydrogen (secondary N) is 1. The van der Waals surface area contributed by atoms with Gasteiger partial charge in [-0.25, -0.2) is 17.9 Å². The number of carbonyl (C=O) groups is 2. The average Bonchev–Trinajstić information content (AvgIpc) is 2.55. The van der Waals surface area contributed by atoms with Crippen molar-refractivity contribution in [1.82, 2.24) is 9.62 Å². The van der Waals surface area contributed by atoms with Gasteiger partial charge >= 0.3 is 5.97 Å². The molecule has 3 N–H and O–H groups in total. The largest absolute Gasteiger partial charge is 0.479 e. The Morgan fingerprint density at radius 2 is 1.75 bits per heavy atom. The molecule has 1 aliphatic heterocycles. The van der Waals surface area contributed by atoms with E-state index in [1.807, 2.05) is 0 Å². The molecule has 0 bridgehead atoms. The second-order valence-corrected chi connectivity index (χ2v) is 7.42. The second kappa shape index (κ2) is 6.88. The highest BCUT2D eigenvalue weighted by Gasteiger charge is 2.40. The first-order valence-electron chi connectivity index (χ1n) is 7.54. The van der Waals surface area contributed by atoms with Crippen LogP contribution in [0.15, 0.2) is 29.2 Å². The molecule has 1 heterocycles. The van der Waals surface area contributed by atoms with Gasteiger partial charge in [-0.3, -0.25) is 4.79 Å². The Balaban J connectivity index is 2.08. The van der Waals surface area contributed by atoms with Gasteiger partial charge in [-0.15, -0.1) is 0 Å². The molecule has 132 valence electrons. The van der Waals surface area contributed by atoms with E-state index < -0.39 is 21.6 Å². The van der Waals surface area contributed by atoms with Crippen LogP contribution in [0, 0.1) is 0 Å². The van der Waals surface area contributed by atoms with Crippen molar-refractivity contribution in [2.75, 3.05) is 19.6 Å². The maximum absolute atomic E-state index is 12.4. The van der Waals surface area contributed by atoms with Gasteiger partial charge in [0.25, 0.3) is 5.91 Å². The Morgan fingerprint density at radius 1 is 1.21 bits per heavy atom. The fourth-order valence-electron chi connectivity index (χ4n) is 2.53. The Morgan fingerprint density at radius 3 is 2.21 bits per heavy atom. The molecule has 1 aromatic rings. The molecule has 9 heteroatoms. The monoisotopic (exact) mass is 356 g/mol. The van der Waals surface area contributed by atoms with Gasteiger partial charge < -0.3 is 15.1 Å². The third kappa shape index (κ3) is 3.74. The minimum atomic E-state index is -3.58. The third-order valence-electron chi connectivity index (χ3n) is 4.02. The van der Waals surface area contributed by atoms with E-state index in [9.17, 15) is 23.1 Å². The lowest BCUT2D eigenvalue weighted by atomic mass is 9.91. The number of amides is 1. The molecule has 1 fully saturated rings. The summed E-state index contributed by atoms with van der Waals surface area (Å²) in [7, 11) is -3.58. The highest BCUT2D eigenvalue weighted by Crippen LogP contribution is 2.24. The van der Waals surface area contributed by atoms with Crippen molar-refractivity contribution in [2.24, 2.45) is 0 Å². The minimum absolute atomic E-state index is 0.0407. The zero-order valence-corrected chi connectivity index (χ0v) is 14.0. The normalized spacial score (nSPS) is 17.5. The number of carboxylic acid groups (broad SMARTS) is 1. The number of aliphatic hydroxyl groups is 1. The first kappa shape index (κ1) is 18.4. The van der Waals surface area contributed by atoms with Gasteiger partial charge in [-0.05, 0) is 24.3 Å². The second-order valence-electron chi connectivity index (χ2n) is 5.65. The molecule has 1 saturated heterocycles. The van der Waals surface area contributed by atoms with E-state index in [1.54, 1.807) is 6.92 Å². The minimum Gasteiger partial charge on any atom is -0.479 e. The molecule has 0 atom stereocenters. The van der Waals surface area contributed by atoms with Crippen molar-refractivity contribution in [3.8, 4) is 0 Å². The van der Waals surface area contributed by atoms with Gasteiger partial charge in [0.15, 0.2) is 5.60 Å². The third-order valence-corrected chi connectivity index (χ3v) is 5.58. The van der Waals surface area contributed by atoms with E-state index in [-0.39, 0.29) is 43.3 Å². The molecule has 0 aliphatic carbocycles. The lowest BCUT2D eigenvalue weighted by Gasteiger charge is -2.35. The van der Waals surface area contributed by atoms with E-state index >= 15 is 0 Å². The quantitative estimate of drug-likeness (QED) is 0.684. The van der Waals surface area contributed by atoms with Crippen LogP contribution in [0.3, 0.4) is 0 Å². The summed E-state index contributed by atoms with van der Waals surface area (Å²) >= 11 is 0. The Hall–Kier alpha value is -1.97. The molecule has 0 spiro atoms. The van der Waals surface area contributed by atoms with Gasteiger partial charge in [-0.2, -0.15) is 0 Å².